The summed E-state index contributed by atoms with van der Waals surface area (Å²) in [7, 11) is 0. The van der Waals surface area contributed by atoms with E-state index in [1.165, 1.54) is 0 Å². The van der Waals surface area contributed by atoms with Gasteiger partial charge >= 0.3 is 5.77 Å². The van der Waals surface area contributed by atoms with Crippen LogP contribution in [0.3, 0.4) is 0 Å². The second-order valence-corrected chi connectivity index (χ2v) is 10.2. The van der Waals surface area contributed by atoms with Crippen molar-refractivity contribution in [2.75, 3.05) is 5.75 Å². The van der Waals surface area contributed by atoms with Crippen LogP contribution in [0.25, 0.3) is 0 Å². The molecule has 2 nitrogen and oxygen atoms in total. The first kappa shape index (κ1) is 12.2. The van der Waals surface area contributed by atoms with E-state index in [0.717, 1.165) is 28.3 Å². The largest absolute Gasteiger partial charge is 0.329 e. The van der Waals surface area contributed by atoms with E-state index < -0.39 is 5.77 Å². The van der Waals surface area contributed by atoms with Crippen LogP contribution in [0.5, 0.6) is 0 Å². The minimum absolute atomic E-state index is 0.599. The molecular weight excluding hydrogens is 235 g/mol. The van der Waals surface area contributed by atoms with Gasteiger partial charge < -0.3 is 4.89 Å². The highest BCUT2D eigenvalue weighted by atomic mass is 33.1. The zero-order valence-corrected chi connectivity index (χ0v) is 10.4. The zero-order chi connectivity index (χ0) is 10.4. The molecule has 1 aromatic carbocycles. The average Bonchev–Trinajstić information content (AvgIpc) is 2.17. The lowest BCUT2D eigenvalue weighted by Gasteiger charge is -2.08. The molecule has 0 radical (unpaired) electrons. The lowest BCUT2D eigenvalue weighted by molar-refractivity contribution is 0.514. The van der Waals surface area contributed by atoms with Gasteiger partial charge in [-0.25, -0.2) is 0 Å². The normalized spacial score (nSPS) is 15.0. The third kappa shape index (κ3) is 4.56. The molecule has 1 rings (SSSR count). The van der Waals surface area contributed by atoms with Gasteiger partial charge in [-0.2, -0.15) is 0 Å². The SMILES string of the molecule is CCSP(=O)(O)SCc1ccccc1. The Morgan fingerprint density at radius 3 is 2.50 bits per heavy atom. The van der Waals surface area contributed by atoms with Gasteiger partial charge in [-0.15, -0.1) is 0 Å². The van der Waals surface area contributed by atoms with Gasteiger partial charge in [0.2, 0.25) is 0 Å². The fourth-order valence-corrected chi connectivity index (χ4v) is 6.07. The van der Waals surface area contributed by atoms with Gasteiger partial charge in [-0.1, -0.05) is 60.0 Å². The van der Waals surface area contributed by atoms with Crippen molar-refractivity contribution in [1.82, 2.24) is 0 Å². The first-order valence-electron chi connectivity index (χ1n) is 4.30. The Bertz CT molecular complexity index is 316. The third-order valence-electron chi connectivity index (χ3n) is 1.53. The van der Waals surface area contributed by atoms with E-state index in [1.807, 2.05) is 37.3 Å². The molecule has 1 N–H and O–H groups in total. The highest BCUT2D eigenvalue weighted by Crippen LogP contribution is 2.66. The molecule has 0 bridgehead atoms. The molecule has 0 saturated carbocycles. The van der Waals surface area contributed by atoms with Crippen LogP contribution < -0.4 is 0 Å². The molecule has 1 unspecified atom stereocenters. The van der Waals surface area contributed by atoms with Gasteiger partial charge in [-0.05, 0) is 5.56 Å². The van der Waals surface area contributed by atoms with Crippen molar-refractivity contribution < 1.29 is 9.46 Å². The van der Waals surface area contributed by atoms with Crippen LogP contribution in [0, 0.1) is 0 Å². The van der Waals surface area contributed by atoms with Gasteiger partial charge in [0, 0.05) is 11.5 Å². The van der Waals surface area contributed by atoms with Crippen LogP contribution in [0.15, 0.2) is 30.3 Å². The van der Waals surface area contributed by atoms with Gasteiger partial charge in [0.1, 0.15) is 0 Å². The Hall–Kier alpha value is 0.110. The summed E-state index contributed by atoms with van der Waals surface area (Å²) in [6, 6.07) is 9.73. The summed E-state index contributed by atoms with van der Waals surface area (Å²) in [6.45, 7) is 1.89. The molecule has 0 aromatic heterocycles. The first-order valence-corrected chi connectivity index (χ1v) is 9.14. The Morgan fingerprint density at radius 2 is 1.93 bits per heavy atom. The van der Waals surface area contributed by atoms with Gasteiger partial charge in [0.05, 0.1) is 0 Å². The predicted octanol–water partition coefficient (Wildman–Crippen LogP) is 3.77. The van der Waals surface area contributed by atoms with Crippen molar-refractivity contribution in [3.63, 3.8) is 0 Å². The summed E-state index contributed by atoms with van der Waals surface area (Å²) < 4.78 is 11.5. The molecular formula is C9H13O2PS2. The van der Waals surface area contributed by atoms with E-state index in [0.29, 0.717) is 11.5 Å². The minimum Gasteiger partial charge on any atom is -0.329 e. The van der Waals surface area contributed by atoms with E-state index in [4.69, 9.17) is 0 Å². The van der Waals surface area contributed by atoms with Gasteiger partial charge in [0.15, 0.2) is 0 Å². The number of hydrogen-bond acceptors (Lipinski definition) is 3. The highest BCUT2D eigenvalue weighted by Gasteiger charge is 2.18. The third-order valence-corrected chi connectivity index (χ3v) is 7.92. The monoisotopic (exact) mass is 248 g/mol. The minimum atomic E-state index is -3.02. The van der Waals surface area contributed by atoms with Crippen molar-refractivity contribution in [3.05, 3.63) is 35.9 Å². The summed E-state index contributed by atoms with van der Waals surface area (Å²) in [5, 5.41) is 0. The molecule has 1 atom stereocenters. The van der Waals surface area contributed by atoms with Crippen molar-refractivity contribution in [2.24, 2.45) is 0 Å². The van der Waals surface area contributed by atoms with Crippen LogP contribution in [0.1, 0.15) is 12.5 Å². The molecule has 0 heterocycles. The molecule has 1 aromatic rings. The van der Waals surface area contributed by atoms with E-state index >= 15 is 0 Å². The second kappa shape index (κ2) is 5.86. The fraction of sp³-hybridized carbons (Fsp3) is 0.333. The maximum absolute atomic E-state index is 11.5. The van der Waals surface area contributed by atoms with E-state index in [9.17, 15) is 9.46 Å². The summed E-state index contributed by atoms with van der Waals surface area (Å²) >= 11 is 2.26. The number of benzene rings is 1. The summed E-state index contributed by atoms with van der Waals surface area (Å²) in [6.07, 6.45) is 0. The van der Waals surface area contributed by atoms with Crippen LogP contribution in [-0.4, -0.2) is 10.6 Å². The molecule has 0 aliphatic carbocycles. The number of hydrogen-bond donors (Lipinski definition) is 1. The molecule has 0 amide bonds. The van der Waals surface area contributed by atoms with Crippen molar-refractivity contribution in [3.8, 4) is 0 Å². The maximum Gasteiger partial charge on any atom is 0.310 e. The molecule has 0 aliphatic heterocycles. The van der Waals surface area contributed by atoms with Crippen LogP contribution in [-0.2, 0) is 10.3 Å². The van der Waals surface area contributed by atoms with Crippen molar-refractivity contribution in [2.45, 2.75) is 12.7 Å². The molecule has 0 aliphatic rings. The van der Waals surface area contributed by atoms with Gasteiger partial charge in [-0.3, -0.25) is 4.57 Å². The quantitative estimate of drug-likeness (QED) is 0.805. The van der Waals surface area contributed by atoms with Crippen molar-refractivity contribution in [1.29, 1.82) is 0 Å². The second-order valence-electron chi connectivity index (χ2n) is 2.65. The zero-order valence-electron chi connectivity index (χ0n) is 7.92. The van der Waals surface area contributed by atoms with E-state index in [2.05, 4.69) is 0 Å². The van der Waals surface area contributed by atoms with E-state index in [-0.39, 0.29) is 0 Å². The Labute approximate surface area is 92.4 Å². The number of rotatable bonds is 5. The summed E-state index contributed by atoms with van der Waals surface area (Å²) in [4.78, 5) is 9.46. The molecule has 5 heteroatoms. The fourth-order valence-electron chi connectivity index (χ4n) is 0.931. The highest BCUT2D eigenvalue weighted by molar-refractivity contribution is 8.88. The smallest absolute Gasteiger partial charge is 0.310 e. The Kier molecular flexibility index (Phi) is 5.10. The topological polar surface area (TPSA) is 37.3 Å². The van der Waals surface area contributed by atoms with Gasteiger partial charge in [0.25, 0.3) is 0 Å². The standard InChI is InChI=1S/C9H13O2PS2/c1-2-13-12(10,11)14-8-9-6-4-3-5-7-9/h3-7H,2,8H2,1H3,(H,10,11). The van der Waals surface area contributed by atoms with E-state index in [1.54, 1.807) is 0 Å². The molecule has 0 saturated heterocycles. The molecule has 78 valence electrons. The molecule has 0 spiro atoms. The Morgan fingerprint density at radius 1 is 1.29 bits per heavy atom. The van der Waals surface area contributed by atoms with Crippen LogP contribution >= 0.6 is 28.5 Å². The van der Waals surface area contributed by atoms with Crippen molar-refractivity contribution >= 4 is 28.5 Å². The maximum atomic E-state index is 11.5. The summed E-state index contributed by atoms with van der Waals surface area (Å²) in [5.41, 5.74) is 1.09. The van der Waals surface area contributed by atoms with Crippen LogP contribution in [0.4, 0.5) is 0 Å². The molecule has 0 fully saturated rings. The predicted molar refractivity (Wildman–Crippen MR) is 65.7 cm³/mol. The molecule has 14 heavy (non-hydrogen) atoms. The average molecular weight is 248 g/mol. The Balaban J connectivity index is 2.45. The lowest BCUT2D eigenvalue weighted by Crippen LogP contribution is -1.78. The first-order chi connectivity index (χ1) is 6.64. The lowest BCUT2D eigenvalue weighted by atomic mass is 10.2. The van der Waals surface area contributed by atoms with Crippen LogP contribution in [0.2, 0.25) is 0 Å². The summed E-state index contributed by atoms with van der Waals surface area (Å²) in [5.74, 6) is -1.75.